The fraction of sp³-hybridized carbons (Fsp3) is 0.833. The lowest BCUT2D eigenvalue weighted by Crippen LogP contribution is -2.44. The van der Waals surface area contributed by atoms with Gasteiger partial charge < -0.3 is 48.9 Å². The fourth-order valence-corrected chi connectivity index (χ4v) is 13.7. The molecule has 1 aliphatic heterocycles. The summed E-state index contributed by atoms with van der Waals surface area (Å²) in [6.45, 7) is 45.3. The van der Waals surface area contributed by atoms with E-state index in [1.54, 1.807) is 107 Å². The summed E-state index contributed by atoms with van der Waals surface area (Å²) in [7, 11) is 4.23. The second kappa shape index (κ2) is 46.0. The van der Waals surface area contributed by atoms with Gasteiger partial charge in [0.25, 0.3) is 0 Å². The molecule has 0 aromatic carbocycles. The molecule has 8 saturated carbocycles. The van der Waals surface area contributed by atoms with E-state index in [9.17, 15) is 38.4 Å². The summed E-state index contributed by atoms with van der Waals surface area (Å²) in [6, 6.07) is 3.79. The minimum absolute atomic E-state index is 0.00148. The lowest BCUT2D eigenvalue weighted by atomic mass is 9.50. The average Bonchev–Trinajstić information content (AvgIpc) is 1.35. The van der Waals surface area contributed by atoms with E-state index in [-0.39, 0.29) is 40.1 Å². The molecule has 5 N–H and O–H groups in total. The molecule has 9 fully saturated rings. The van der Waals surface area contributed by atoms with Gasteiger partial charge in [-0.15, -0.1) is 0 Å². The molecule has 594 valence electrons. The maximum absolute atomic E-state index is 10.9. The Kier molecular flexibility index (Phi) is 44.5. The molecule has 1 aromatic rings. The van der Waals surface area contributed by atoms with Gasteiger partial charge in [-0.1, -0.05) is 66.5 Å². The first kappa shape index (κ1) is 98.8. The monoisotopic (exact) mass is 1450 g/mol. The van der Waals surface area contributed by atoms with Gasteiger partial charge in [-0.3, -0.25) is 38.4 Å². The maximum atomic E-state index is 10.9. The quantitative estimate of drug-likeness (QED) is 0.0781. The number of methoxy groups -OCH3 is 3. The van der Waals surface area contributed by atoms with Crippen molar-refractivity contribution in [2.75, 3.05) is 27.9 Å². The van der Waals surface area contributed by atoms with Crippen LogP contribution in [-0.4, -0.2) is 107 Å². The molecule has 6 bridgehead atoms. The summed E-state index contributed by atoms with van der Waals surface area (Å²) in [5.41, 5.74) is -2.38. The second-order valence-corrected chi connectivity index (χ2v) is 35.7. The van der Waals surface area contributed by atoms with E-state index in [2.05, 4.69) is 40.2 Å². The van der Waals surface area contributed by atoms with Crippen LogP contribution in [0.15, 0.2) is 35.0 Å². The number of ether oxygens (including phenoxy) is 4. The van der Waals surface area contributed by atoms with Gasteiger partial charge in [0.1, 0.15) is 5.76 Å². The summed E-state index contributed by atoms with van der Waals surface area (Å²) >= 11 is 0. The van der Waals surface area contributed by atoms with Crippen LogP contribution in [0.1, 0.15) is 313 Å². The first-order chi connectivity index (χ1) is 46.8. The number of rotatable bonds is 11. The van der Waals surface area contributed by atoms with E-state index in [0.29, 0.717) is 25.4 Å². The highest BCUT2D eigenvalue weighted by molar-refractivity contribution is 5.77. The van der Waals surface area contributed by atoms with Crippen molar-refractivity contribution in [2.24, 2.45) is 102 Å². The van der Waals surface area contributed by atoms with Gasteiger partial charge in [0.15, 0.2) is 0 Å². The topological polar surface area (TPSA) is 288 Å². The number of carboxylic acids is 5. The van der Waals surface area contributed by atoms with Gasteiger partial charge in [-0.25, -0.2) is 0 Å². The third kappa shape index (κ3) is 37.6. The molecule has 0 amide bonds. The number of carbonyl (C=O) groups is 8. The summed E-state index contributed by atoms with van der Waals surface area (Å²) in [5.74, 6) is 5.92. The Morgan fingerprint density at radius 1 is 0.480 bits per heavy atom. The molecule has 102 heavy (non-hydrogen) atoms. The van der Waals surface area contributed by atoms with Gasteiger partial charge in [-0.2, -0.15) is 0 Å². The van der Waals surface area contributed by atoms with Gasteiger partial charge in [0.05, 0.1) is 77.5 Å². The molecule has 0 radical (unpaired) electrons. The van der Waals surface area contributed by atoms with Crippen molar-refractivity contribution in [3.05, 3.63) is 36.3 Å². The van der Waals surface area contributed by atoms with Crippen LogP contribution in [0, 0.1) is 109 Å². The maximum Gasteiger partial charge on any atom is 0.311 e. The number of hydrogen-bond acceptors (Lipinski definition) is 13. The van der Waals surface area contributed by atoms with Crippen molar-refractivity contribution < 1.29 is 87.3 Å². The Bertz CT molecular complexity index is 2480. The number of carbonyl (C=O) groups excluding carboxylic acids is 3. The number of fused-ring (bicyclic) bond motifs is 6. The minimum Gasteiger partial charge on any atom is -0.481 e. The van der Waals surface area contributed by atoms with Crippen molar-refractivity contribution in [3.63, 3.8) is 0 Å². The van der Waals surface area contributed by atoms with Crippen molar-refractivity contribution >= 4 is 47.8 Å². The zero-order chi connectivity index (χ0) is 79.6. The summed E-state index contributed by atoms with van der Waals surface area (Å²) in [6.07, 6.45) is 36.2. The van der Waals surface area contributed by atoms with Gasteiger partial charge in [-0.05, 0) is 330 Å². The fourth-order valence-electron chi connectivity index (χ4n) is 13.7. The molecule has 0 spiro atoms. The van der Waals surface area contributed by atoms with Crippen LogP contribution in [0.25, 0.3) is 0 Å². The van der Waals surface area contributed by atoms with Crippen LogP contribution in [0.5, 0.6) is 0 Å². The Balaban J connectivity index is 0. The summed E-state index contributed by atoms with van der Waals surface area (Å²) in [5, 5.41) is 42.5. The van der Waals surface area contributed by atoms with E-state index in [4.69, 9.17) is 34.7 Å². The molecule has 10 aliphatic rings. The van der Waals surface area contributed by atoms with Crippen LogP contribution in [-0.2, 0) is 57.3 Å². The van der Waals surface area contributed by atoms with E-state index >= 15 is 0 Å². The number of aliphatic carboxylic acids is 5. The lowest BCUT2D eigenvalue weighted by Gasteiger charge is -2.55. The van der Waals surface area contributed by atoms with Crippen molar-refractivity contribution in [3.8, 4) is 0 Å². The molecular weight excluding hydrogens is 1300 g/mol. The predicted octanol–water partition coefficient (Wildman–Crippen LogP) is 20.9. The van der Waals surface area contributed by atoms with Gasteiger partial charge in [0.2, 0.25) is 0 Å². The Labute approximate surface area is 618 Å². The van der Waals surface area contributed by atoms with Crippen LogP contribution < -0.4 is 0 Å². The standard InChI is InChI=1S/C11H16O2.C11H18.C9H14.2C7H14O2.4C6H12O2.C5H10O2.C5H10O.C5H6O/c12-11(13)8-4-9-6-1-2-7(3-6)10(9)5-8;1-11-5-8-2-9(6-11)4-10(3-8)7-11;1-2-5-9-7-3-6-8(9)4-1;2*1-5-7(2,3)6(8)9-4;1-6(2,3)5(7)8-4;3*1-4-6(2,3)5(7)8;1-5(2,3)4(6)7;2*1-5-3-2-4-6-5/h6-10H,1-5H2,(H,12,13);8-10H,2-7H2,1H3;3,6,8-9H,1-2,4-5,7H2;2*5H2,1-4H3;1-4H3;3*4H2,1-3H3,(H,7,8);1-3H3,(H,6,7);5H,2-4H2,1H3;2-4H,1H3. The number of aryl methyl sites for hydroxylation is 1. The normalized spacial score (nSPS) is 25.6. The molecule has 7 atom stereocenters. The molecule has 1 saturated heterocycles. The number of hydrogen-bond donors (Lipinski definition) is 5. The van der Waals surface area contributed by atoms with Crippen molar-refractivity contribution in [2.45, 2.75) is 320 Å². The van der Waals surface area contributed by atoms with Gasteiger partial charge >= 0.3 is 47.8 Å². The molecule has 11 rings (SSSR count). The number of esters is 3. The largest absolute Gasteiger partial charge is 0.481 e. The van der Waals surface area contributed by atoms with Crippen LogP contribution in [0.3, 0.4) is 0 Å². The molecular formula is C84H150O18. The number of furan rings is 1. The first-order valence-corrected chi connectivity index (χ1v) is 38.5. The summed E-state index contributed by atoms with van der Waals surface area (Å²) < 4.78 is 23.6. The highest BCUT2D eigenvalue weighted by atomic mass is 16.5. The van der Waals surface area contributed by atoms with Crippen LogP contribution in [0.2, 0.25) is 0 Å². The Morgan fingerprint density at radius 3 is 1.05 bits per heavy atom. The van der Waals surface area contributed by atoms with Crippen molar-refractivity contribution in [1.82, 2.24) is 0 Å². The molecule has 18 heteroatoms. The highest BCUT2D eigenvalue weighted by Gasteiger charge is 2.53. The van der Waals surface area contributed by atoms with Crippen LogP contribution >= 0.6 is 0 Å². The average molecular weight is 1450 g/mol. The van der Waals surface area contributed by atoms with E-state index in [1.807, 2.05) is 102 Å². The first-order valence-electron chi connectivity index (χ1n) is 38.5. The number of allylic oxidation sites excluding steroid dienone is 2. The van der Waals surface area contributed by atoms with E-state index in [0.717, 1.165) is 96.7 Å². The molecule has 1 aromatic heterocycles. The molecule has 9 aliphatic carbocycles. The van der Waals surface area contributed by atoms with Gasteiger partial charge in [0, 0.05) is 6.61 Å². The van der Waals surface area contributed by atoms with Crippen LogP contribution in [0.4, 0.5) is 0 Å². The zero-order valence-corrected chi connectivity index (χ0v) is 69.3. The predicted molar refractivity (Wildman–Crippen MR) is 408 cm³/mol. The lowest BCUT2D eigenvalue weighted by molar-refractivity contribution is -0.151. The number of carboxylic acid groups (broad SMARTS) is 5. The Morgan fingerprint density at radius 2 is 0.853 bits per heavy atom. The second-order valence-electron chi connectivity index (χ2n) is 35.7. The third-order valence-electron chi connectivity index (χ3n) is 22.8. The van der Waals surface area contributed by atoms with Crippen molar-refractivity contribution in [1.29, 1.82) is 0 Å². The minimum atomic E-state index is -0.757. The third-order valence-corrected chi connectivity index (χ3v) is 22.8. The molecule has 2 heterocycles. The van der Waals surface area contributed by atoms with E-state index in [1.165, 1.54) is 85.5 Å². The SMILES string of the molecule is C1=CC2CCCCC2C1.CC(C)(C)C(=O)O.CC12CC3CC(CC(C3)C1)C2.CC1CCCO1.CCC(C)(C)C(=O)O.CCC(C)(C)C(=O)O.CCC(C)(C)C(=O)O.CCC(C)(C)C(=O)OC.CCC(C)(C)C(=O)OC.COC(=O)C(C)(C)C.Cc1ccco1.O=C(O)C1CC2C3CCC(C3)C2C1. The highest BCUT2D eigenvalue weighted by Crippen LogP contribution is 2.61. The Hall–Kier alpha value is -5.26. The summed E-state index contributed by atoms with van der Waals surface area (Å²) in [4.78, 5) is 83.9. The molecule has 7 unspecified atom stereocenters. The van der Waals surface area contributed by atoms with E-state index < -0.39 is 51.5 Å². The zero-order valence-electron chi connectivity index (χ0n) is 69.3. The smallest absolute Gasteiger partial charge is 0.311 e. The molecule has 18 nitrogen and oxygen atoms in total.